The number of nitrogens with one attached hydrogen (secondary N) is 1. The van der Waals surface area contributed by atoms with Crippen LogP contribution in [0.25, 0.3) is 22.7 Å². The van der Waals surface area contributed by atoms with Crippen molar-refractivity contribution in [2.75, 3.05) is 0 Å². The van der Waals surface area contributed by atoms with Crippen molar-refractivity contribution in [2.45, 2.75) is 6.92 Å². The van der Waals surface area contributed by atoms with Gasteiger partial charge in [0.2, 0.25) is 0 Å². The molecule has 6 nitrogen and oxygen atoms in total. The second kappa shape index (κ2) is 3.42. The molecule has 0 aliphatic heterocycles. The van der Waals surface area contributed by atoms with E-state index >= 15 is 0 Å². The molecule has 0 unspecified atom stereocenters. The van der Waals surface area contributed by atoms with Gasteiger partial charge in [-0.15, -0.1) is 10.2 Å². The zero-order valence-corrected chi connectivity index (χ0v) is 8.93. The van der Waals surface area contributed by atoms with Crippen molar-refractivity contribution >= 4 is 11.1 Å². The van der Waals surface area contributed by atoms with E-state index in [0.717, 1.165) is 11.1 Å². The van der Waals surface area contributed by atoms with E-state index in [1.54, 1.807) is 0 Å². The molecule has 6 heteroatoms. The Hall–Kier alpha value is -2.68. The van der Waals surface area contributed by atoms with E-state index in [1.807, 2.05) is 31.2 Å². The maximum Gasteiger partial charge on any atom is 0.251 e. The van der Waals surface area contributed by atoms with Gasteiger partial charge in [-0.2, -0.15) is 10.5 Å². The Kier molecular flexibility index (Phi) is 1.92. The van der Waals surface area contributed by atoms with Crippen molar-refractivity contribution in [2.24, 2.45) is 0 Å². The number of nitriles is 1. The third kappa shape index (κ3) is 1.45. The summed E-state index contributed by atoms with van der Waals surface area (Å²) in [6.07, 6.45) is 0. The number of benzene rings is 1. The fraction of sp³-hybridized carbons (Fsp3) is 0.0909. The highest BCUT2D eigenvalue weighted by Gasteiger charge is 2.16. The predicted octanol–water partition coefficient (Wildman–Crippen LogP) is 1.79. The molecule has 0 amide bonds. The molecule has 0 aliphatic carbocycles. The minimum atomic E-state index is 0.174. The lowest BCUT2D eigenvalue weighted by Gasteiger charge is -1.87. The standard InChI is InChI=1S/C11H7N5O/c1-6-2-3-9-7(4-6)13-11(17-9)10-8(5-12)14-16-15-10/h2-4H,1H3,(H,14,15,16). The molecular weight excluding hydrogens is 218 g/mol. The quantitative estimate of drug-likeness (QED) is 0.681. The third-order valence-electron chi connectivity index (χ3n) is 2.40. The van der Waals surface area contributed by atoms with Crippen molar-refractivity contribution < 1.29 is 4.42 Å². The Morgan fingerprint density at radius 2 is 2.24 bits per heavy atom. The van der Waals surface area contributed by atoms with Crippen LogP contribution in [0.1, 0.15) is 11.3 Å². The first-order chi connectivity index (χ1) is 8.28. The molecule has 0 fully saturated rings. The molecule has 3 aromatic rings. The maximum absolute atomic E-state index is 8.85. The molecule has 17 heavy (non-hydrogen) atoms. The zero-order valence-electron chi connectivity index (χ0n) is 8.93. The van der Waals surface area contributed by atoms with Crippen LogP contribution in [-0.4, -0.2) is 20.4 Å². The number of H-pyrrole nitrogens is 1. The molecule has 0 bridgehead atoms. The van der Waals surface area contributed by atoms with Gasteiger partial charge in [0.1, 0.15) is 11.6 Å². The Bertz CT molecular complexity index is 734. The van der Waals surface area contributed by atoms with Gasteiger partial charge in [-0.05, 0) is 24.6 Å². The van der Waals surface area contributed by atoms with Crippen LogP contribution < -0.4 is 0 Å². The number of nitrogens with zero attached hydrogens (tertiary/aromatic N) is 4. The van der Waals surface area contributed by atoms with Gasteiger partial charge in [0.25, 0.3) is 5.89 Å². The fourth-order valence-corrected chi connectivity index (χ4v) is 1.60. The van der Waals surface area contributed by atoms with Gasteiger partial charge in [0.05, 0.1) is 0 Å². The summed E-state index contributed by atoms with van der Waals surface area (Å²) in [7, 11) is 0. The fourth-order valence-electron chi connectivity index (χ4n) is 1.60. The first-order valence-electron chi connectivity index (χ1n) is 4.96. The lowest BCUT2D eigenvalue weighted by molar-refractivity contribution is 0.616. The van der Waals surface area contributed by atoms with Crippen molar-refractivity contribution in [3.8, 4) is 17.7 Å². The van der Waals surface area contributed by atoms with Crippen LogP contribution in [0.4, 0.5) is 0 Å². The lowest BCUT2D eigenvalue weighted by Crippen LogP contribution is -1.81. The average molecular weight is 225 g/mol. The Morgan fingerprint density at radius 1 is 1.35 bits per heavy atom. The predicted molar refractivity (Wildman–Crippen MR) is 58.8 cm³/mol. The molecule has 82 valence electrons. The van der Waals surface area contributed by atoms with Crippen LogP contribution >= 0.6 is 0 Å². The second-order valence-electron chi connectivity index (χ2n) is 3.62. The Morgan fingerprint density at radius 3 is 3.06 bits per heavy atom. The van der Waals surface area contributed by atoms with Gasteiger partial charge in [-0.25, -0.2) is 4.98 Å². The van der Waals surface area contributed by atoms with Gasteiger partial charge in [0, 0.05) is 0 Å². The molecule has 0 saturated carbocycles. The van der Waals surface area contributed by atoms with Crippen molar-refractivity contribution in [3.05, 3.63) is 29.5 Å². The number of hydrogen-bond acceptors (Lipinski definition) is 5. The van der Waals surface area contributed by atoms with Crippen molar-refractivity contribution in [1.29, 1.82) is 5.26 Å². The minimum absolute atomic E-state index is 0.174. The highest BCUT2D eigenvalue weighted by Crippen LogP contribution is 2.24. The first kappa shape index (κ1) is 9.54. The number of aryl methyl sites for hydroxylation is 1. The monoisotopic (exact) mass is 225 g/mol. The van der Waals surface area contributed by atoms with E-state index in [9.17, 15) is 0 Å². The summed E-state index contributed by atoms with van der Waals surface area (Å²) in [5.74, 6) is 0.302. The highest BCUT2D eigenvalue weighted by atomic mass is 16.3. The third-order valence-corrected chi connectivity index (χ3v) is 2.40. The molecule has 0 aliphatic rings. The number of rotatable bonds is 1. The second-order valence-corrected chi connectivity index (χ2v) is 3.62. The van der Waals surface area contributed by atoms with E-state index in [0.29, 0.717) is 17.2 Å². The molecule has 0 saturated heterocycles. The number of aromatic nitrogens is 4. The summed E-state index contributed by atoms with van der Waals surface area (Å²) in [6.45, 7) is 1.98. The summed E-state index contributed by atoms with van der Waals surface area (Å²) in [6, 6.07) is 7.61. The summed E-state index contributed by atoms with van der Waals surface area (Å²) in [4.78, 5) is 4.28. The number of fused-ring (bicyclic) bond motifs is 1. The molecule has 1 aromatic carbocycles. The first-order valence-corrected chi connectivity index (χ1v) is 4.96. The van der Waals surface area contributed by atoms with E-state index < -0.39 is 0 Å². The minimum Gasteiger partial charge on any atom is -0.435 e. The van der Waals surface area contributed by atoms with Gasteiger partial charge in [-0.3, -0.25) is 0 Å². The van der Waals surface area contributed by atoms with E-state index in [2.05, 4.69) is 20.4 Å². The molecule has 1 N–H and O–H groups in total. The summed E-state index contributed by atoms with van der Waals surface area (Å²) < 4.78 is 5.53. The summed E-state index contributed by atoms with van der Waals surface area (Å²) >= 11 is 0. The van der Waals surface area contributed by atoms with Crippen LogP contribution in [0, 0.1) is 18.3 Å². The van der Waals surface area contributed by atoms with Crippen molar-refractivity contribution in [1.82, 2.24) is 20.4 Å². The van der Waals surface area contributed by atoms with Gasteiger partial charge in [0.15, 0.2) is 17.0 Å². The van der Waals surface area contributed by atoms with Crippen LogP contribution in [0.3, 0.4) is 0 Å². The van der Waals surface area contributed by atoms with Gasteiger partial charge >= 0.3 is 0 Å². The molecule has 2 aromatic heterocycles. The Labute approximate surface area is 95.9 Å². The lowest BCUT2D eigenvalue weighted by atomic mass is 10.2. The smallest absolute Gasteiger partial charge is 0.251 e. The summed E-state index contributed by atoms with van der Waals surface area (Å²) in [5, 5.41) is 18.8. The normalized spacial score (nSPS) is 10.6. The largest absolute Gasteiger partial charge is 0.435 e. The van der Waals surface area contributed by atoms with E-state index in [4.69, 9.17) is 9.68 Å². The average Bonchev–Trinajstić information content (AvgIpc) is 2.93. The highest BCUT2D eigenvalue weighted by molar-refractivity contribution is 5.76. The number of aromatic amines is 1. The molecule has 0 radical (unpaired) electrons. The van der Waals surface area contributed by atoms with Crippen LogP contribution in [0.2, 0.25) is 0 Å². The van der Waals surface area contributed by atoms with Gasteiger partial charge < -0.3 is 4.42 Å². The molecule has 2 heterocycles. The van der Waals surface area contributed by atoms with Crippen LogP contribution in [0.15, 0.2) is 22.6 Å². The van der Waals surface area contributed by atoms with Crippen LogP contribution in [0.5, 0.6) is 0 Å². The van der Waals surface area contributed by atoms with Crippen molar-refractivity contribution in [3.63, 3.8) is 0 Å². The number of hydrogen-bond donors (Lipinski definition) is 1. The maximum atomic E-state index is 8.85. The van der Waals surface area contributed by atoms with Crippen LogP contribution in [-0.2, 0) is 0 Å². The molecular formula is C11H7N5O. The molecule has 0 spiro atoms. The van der Waals surface area contributed by atoms with E-state index in [-0.39, 0.29) is 5.69 Å². The Balaban J connectivity index is 2.22. The molecule has 3 rings (SSSR count). The molecule has 0 atom stereocenters. The topological polar surface area (TPSA) is 91.4 Å². The summed E-state index contributed by atoms with van der Waals surface area (Å²) in [5.41, 5.74) is 3.01. The SMILES string of the molecule is Cc1ccc2oc(-c3n[nH]nc3C#N)nc2c1. The van der Waals surface area contributed by atoms with E-state index in [1.165, 1.54) is 0 Å². The zero-order chi connectivity index (χ0) is 11.8. The van der Waals surface area contributed by atoms with Gasteiger partial charge in [-0.1, -0.05) is 6.07 Å². The number of oxazole rings is 1.